The van der Waals surface area contributed by atoms with Crippen molar-refractivity contribution in [3.05, 3.63) is 42.0 Å². The van der Waals surface area contributed by atoms with Crippen molar-refractivity contribution >= 4 is 16.7 Å². The normalized spacial score (nSPS) is 21.3. The van der Waals surface area contributed by atoms with Gasteiger partial charge in [0.15, 0.2) is 0 Å². The fourth-order valence-electron chi connectivity index (χ4n) is 3.03. The molecule has 4 nitrogen and oxygen atoms in total. The molecule has 1 amide bonds. The molecule has 1 aliphatic rings. The van der Waals surface area contributed by atoms with Gasteiger partial charge in [0.25, 0.3) is 0 Å². The number of rotatable bonds is 3. The SMILES string of the molecule is COc1ccc2cccc(CC(=O)N3CC(C)C(O)C3)c2c1. The molecule has 0 aliphatic carbocycles. The Hall–Kier alpha value is -2.07. The van der Waals surface area contributed by atoms with Crippen LogP contribution in [0.5, 0.6) is 5.75 Å². The largest absolute Gasteiger partial charge is 0.497 e. The molecule has 0 bridgehead atoms. The highest BCUT2D eigenvalue weighted by Gasteiger charge is 2.30. The van der Waals surface area contributed by atoms with E-state index in [1.54, 1.807) is 12.0 Å². The number of β-amino-alcohol motifs (C(OH)–C–C–N with tert-alkyl or cyclic N) is 1. The summed E-state index contributed by atoms with van der Waals surface area (Å²) >= 11 is 0. The second-order valence-electron chi connectivity index (χ2n) is 6.02. The minimum atomic E-state index is -0.406. The first kappa shape index (κ1) is 14.9. The van der Waals surface area contributed by atoms with Crippen LogP contribution in [-0.4, -0.2) is 42.2 Å². The van der Waals surface area contributed by atoms with Crippen LogP contribution >= 0.6 is 0 Å². The van der Waals surface area contributed by atoms with Crippen LogP contribution in [0.2, 0.25) is 0 Å². The van der Waals surface area contributed by atoms with Crippen molar-refractivity contribution in [2.75, 3.05) is 20.2 Å². The minimum absolute atomic E-state index is 0.0683. The molecule has 1 aliphatic heterocycles. The Labute approximate surface area is 130 Å². The number of hydrogen-bond donors (Lipinski definition) is 1. The number of aliphatic hydroxyl groups excluding tert-OH is 1. The zero-order valence-electron chi connectivity index (χ0n) is 13.0. The topological polar surface area (TPSA) is 49.8 Å². The molecular weight excluding hydrogens is 278 g/mol. The van der Waals surface area contributed by atoms with Gasteiger partial charge >= 0.3 is 0 Å². The number of amides is 1. The molecule has 3 rings (SSSR count). The Morgan fingerprint density at radius 1 is 1.32 bits per heavy atom. The zero-order valence-corrected chi connectivity index (χ0v) is 13.0. The number of nitrogens with zero attached hydrogens (tertiary/aromatic N) is 1. The second kappa shape index (κ2) is 5.97. The molecule has 0 aromatic heterocycles. The van der Waals surface area contributed by atoms with E-state index in [2.05, 4.69) is 0 Å². The molecule has 0 saturated carbocycles. The maximum atomic E-state index is 12.5. The Kier molecular flexibility index (Phi) is 4.03. The van der Waals surface area contributed by atoms with Gasteiger partial charge in [0.1, 0.15) is 5.75 Å². The van der Waals surface area contributed by atoms with Crippen molar-refractivity contribution in [3.8, 4) is 5.75 Å². The van der Waals surface area contributed by atoms with Gasteiger partial charge < -0.3 is 14.7 Å². The summed E-state index contributed by atoms with van der Waals surface area (Å²) in [5.74, 6) is 1.01. The van der Waals surface area contributed by atoms with Crippen molar-refractivity contribution in [2.45, 2.75) is 19.4 Å². The number of carbonyl (C=O) groups excluding carboxylic acids is 1. The fraction of sp³-hybridized carbons (Fsp3) is 0.389. The van der Waals surface area contributed by atoms with Crippen LogP contribution in [0.4, 0.5) is 0 Å². The average molecular weight is 299 g/mol. The van der Waals surface area contributed by atoms with E-state index in [1.165, 1.54) is 0 Å². The molecule has 0 spiro atoms. The fourth-order valence-corrected chi connectivity index (χ4v) is 3.03. The molecule has 2 aromatic rings. The second-order valence-corrected chi connectivity index (χ2v) is 6.02. The van der Waals surface area contributed by atoms with Gasteiger partial charge in [0.2, 0.25) is 5.91 Å². The number of likely N-dealkylation sites (tertiary alicyclic amines) is 1. The summed E-state index contributed by atoms with van der Waals surface area (Å²) in [7, 11) is 1.64. The van der Waals surface area contributed by atoms with Crippen LogP contribution < -0.4 is 4.74 Å². The lowest BCUT2D eigenvalue weighted by molar-refractivity contribution is -0.129. The average Bonchev–Trinajstić information content (AvgIpc) is 2.87. The van der Waals surface area contributed by atoms with Gasteiger partial charge in [0, 0.05) is 19.0 Å². The van der Waals surface area contributed by atoms with Gasteiger partial charge in [-0.05, 0) is 28.5 Å². The molecule has 2 aromatic carbocycles. The number of hydrogen-bond acceptors (Lipinski definition) is 3. The van der Waals surface area contributed by atoms with Crippen molar-refractivity contribution in [2.24, 2.45) is 5.92 Å². The predicted octanol–water partition coefficient (Wildman–Crippen LogP) is 2.23. The lowest BCUT2D eigenvalue weighted by Crippen LogP contribution is -2.30. The van der Waals surface area contributed by atoms with E-state index in [0.29, 0.717) is 19.5 Å². The standard InChI is InChI=1S/C18H21NO3/c1-12-10-19(11-17(12)20)18(21)8-14-5-3-4-13-6-7-15(22-2)9-16(13)14/h3-7,9,12,17,20H,8,10-11H2,1-2H3. The Morgan fingerprint density at radius 2 is 2.14 bits per heavy atom. The van der Waals surface area contributed by atoms with Crippen LogP contribution in [0.1, 0.15) is 12.5 Å². The molecule has 2 atom stereocenters. The summed E-state index contributed by atoms with van der Waals surface area (Å²) in [6.45, 7) is 3.04. The predicted molar refractivity (Wildman–Crippen MR) is 86.0 cm³/mol. The number of methoxy groups -OCH3 is 1. The third kappa shape index (κ3) is 2.79. The molecule has 1 saturated heterocycles. The van der Waals surface area contributed by atoms with Crippen molar-refractivity contribution < 1.29 is 14.6 Å². The van der Waals surface area contributed by atoms with Crippen LogP contribution in [-0.2, 0) is 11.2 Å². The third-order valence-electron chi connectivity index (χ3n) is 4.45. The number of fused-ring (bicyclic) bond motifs is 1. The first-order valence-corrected chi connectivity index (χ1v) is 7.60. The number of ether oxygens (including phenoxy) is 1. The number of aliphatic hydroxyl groups is 1. The molecule has 22 heavy (non-hydrogen) atoms. The van der Waals surface area contributed by atoms with Crippen molar-refractivity contribution in [1.29, 1.82) is 0 Å². The summed E-state index contributed by atoms with van der Waals surface area (Å²) in [6.07, 6.45) is -0.0548. The molecule has 116 valence electrons. The summed E-state index contributed by atoms with van der Waals surface area (Å²) in [4.78, 5) is 14.2. The highest BCUT2D eigenvalue weighted by molar-refractivity contribution is 5.91. The monoisotopic (exact) mass is 299 g/mol. The van der Waals surface area contributed by atoms with Crippen LogP contribution in [0.15, 0.2) is 36.4 Å². The minimum Gasteiger partial charge on any atom is -0.497 e. The van der Waals surface area contributed by atoms with E-state index in [0.717, 1.165) is 22.1 Å². The van der Waals surface area contributed by atoms with E-state index >= 15 is 0 Å². The van der Waals surface area contributed by atoms with Gasteiger partial charge in [-0.2, -0.15) is 0 Å². The van der Waals surface area contributed by atoms with Crippen LogP contribution in [0, 0.1) is 5.92 Å². The quantitative estimate of drug-likeness (QED) is 0.945. The molecule has 0 radical (unpaired) electrons. The van der Waals surface area contributed by atoms with Crippen molar-refractivity contribution in [3.63, 3.8) is 0 Å². The highest BCUT2D eigenvalue weighted by atomic mass is 16.5. The number of carbonyl (C=O) groups is 1. The first-order chi connectivity index (χ1) is 10.6. The highest BCUT2D eigenvalue weighted by Crippen LogP contribution is 2.25. The number of benzene rings is 2. The summed E-state index contributed by atoms with van der Waals surface area (Å²) in [5, 5.41) is 12.0. The lowest BCUT2D eigenvalue weighted by Gasteiger charge is -2.16. The summed E-state index contributed by atoms with van der Waals surface area (Å²) < 4.78 is 5.28. The maximum Gasteiger partial charge on any atom is 0.227 e. The maximum absolute atomic E-state index is 12.5. The van der Waals surface area contributed by atoms with Crippen LogP contribution in [0.25, 0.3) is 10.8 Å². The molecule has 4 heteroatoms. The summed E-state index contributed by atoms with van der Waals surface area (Å²) in [6, 6.07) is 11.9. The molecule has 1 N–H and O–H groups in total. The zero-order chi connectivity index (χ0) is 15.7. The van der Waals surface area contributed by atoms with E-state index in [1.807, 2.05) is 43.3 Å². The molecule has 2 unspecified atom stereocenters. The Bertz CT molecular complexity index is 688. The molecule has 1 fully saturated rings. The molecular formula is C18H21NO3. The van der Waals surface area contributed by atoms with Gasteiger partial charge in [-0.3, -0.25) is 4.79 Å². The summed E-state index contributed by atoms with van der Waals surface area (Å²) in [5.41, 5.74) is 0.996. The van der Waals surface area contributed by atoms with E-state index < -0.39 is 6.10 Å². The Balaban J connectivity index is 1.86. The van der Waals surface area contributed by atoms with Gasteiger partial charge in [-0.15, -0.1) is 0 Å². The molecule has 1 heterocycles. The van der Waals surface area contributed by atoms with Gasteiger partial charge in [-0.1, -0.05) is 31.2 Å². The van der Waals surface area contributed by atoms with Gasteiger partial charge in [-0.25, -0.2) is 0 Å². The Morgan fingerprint density at radius 3 is 2.82 bits per heavy atom. The smallest absolute Gasteiger partial charge is 0.227 e. The van der Waals surface area contributed by atoms with Gasteiger partial charge in [0.05, 0.1) is 19.6 Å². The van der Waals surface area contributed by atoms with Crippen molar-refractivity contribution in [1.82, 2.24) is 4.90 Å². The van der Waals surface area contributed by atoms with Crippen LogP contribution in [0.3, 0.4) is 0 Å². The third-order valence-corrected chi connectivity index (χ3v) is 4.45. The van der Waals surface area contributed by atoms with E-state index in [4.69, 9.17) is 4.74 Å². The van der Waals surface area contributed by atoms with E-state index in [9.17, 15) is 9.90 Å². The first-order valence-electron chi connectivity index (χ1n) is 7.60. The van der Waals surface area contributed by atoms with E-state index in [-0.39, 0.29) is 11.8 Å². The lowest BCUT2D eigenvalue weighted by atomic mass is 10.0.